The molecular formula is C113H218N12. The average Bonchev–Trinajstić information content (AvgIpc) is 0.924. The van der Waals surface area contributed by atoms with E-state index in [2.05, 4.69) is 360 Å². The predicted octanol–water partition coefficient (Wildman–Crippen LogP) is 38.7. The summed E-state index contributed by atoms with van der Waals surface area (Å²) in [6, 6.07) is 16.8. The van der Waals surface area contributed by atoms with Gasteiger partial charge in [-0.05, 0) is 193 Å². The van der Waals surface area contributed by atoms with Crippen molar-refractivity contribution in [3.05, 3.63) is 213 Å². The lowest BCUT2D eigenvalue weighted by Gasteiger charge is -2.14. The lowest BCUT2D eigenvalue weighted by Crippen LogP contribution is -2.03. The fraction of sp³-hybridized carbons (Fsp3) is 0.681. The summed E-state index contributed by atoms with van der Waals surface area (Å²) >= 11 is 0. The molecule has 0 saturated carbocycles. The Bertz CT molecular complexity index is 2570. The van der Waals surface area contributed by atoms with E-state index in [4.69, 9.17) is 0 Å². The molecule has 0 unspecified atom stereocenters. The van der Waals surface area contributed by atoms with Gasteiger partial charge in [-0.15, -0.1) is 0 Å². The van der Waals surface area contributed by atoms with Crippen molar-refractivity contribution >= 4 is 0 Å². The number of nitrogens with zero attached hydrogens (tertiary/aromatic N) is 12. The van der Waals surface area contributed by atoms with Crippen LogP contribution in [-0.2, 0) is 0 Å². The zero-order valence-electron chi connectivity index (χ0n) is 91.3. The minimum absolute atomic E-state index is 0. The summed E-state index contributed by atoms with van der Waals surface area (Å²) in [6.07, 6.45) is 22.1. The van der Waals surface area contributed by atoms with Gasteiger partial charge in [0.2, 0.25) is 0 Å². The molecule has 0 aliphatic rings. The number of rotatable bonds is 16. The Morgan fingerprint density at radius 1 is 0.168 bits per heavy atom. The topological polar surface area (TPSA) is 155 Å². The molecule has 0 atom stereocenters. The number of aromatic nitrogens is 12. The van der Waals surface area contributed by atoms with Gasteiger partial charge in [-0.2, -0.15) is 20.4 Å². The maximum Gasteiger partial charge on any atom is 0.115 e. The molecule has 8 aromatic rings. The van der Waals surface area contributed by atoms with Crippen LogP contribution in [-0.4, -0.2) is 60.3 Å². The minimum atomic E-state index is 0. The highest BCUT2D eigenvalue weighted by Crippen LogP contribution is 2.30. The molecule has 0 bridgehead atoms. The van der Waals surface area contributed by atoms with Crippen LogP contribution in [0.3, 0.4) is 0 Å². The van der Waals surface area contributed by atoms with Gasteiger partial charge in [0.05, 0.1) is 22.8 Å². The molecule has 730 valence electrons. The molecule has 8 heterocycles. The second-order valence-electron chi connectivity index (χ2n) is 33.3. The largest absolute Gasteiger partial charge is 0.264 e. The summed E-state index contributed by atoms with van der Waals surface area (Å²) in [5.74, 6) is 10.2. The van der Waals surface area contributed by atoms with Gasteiger partial charge in [-0.25, -0.2) is 9.97 Å². The van der Waals surface area contributed by atoms with E-state index in [9.17, 15) is 0 Å². The zero-order chi connectivity index (χ0) is 98.3. The van der Waals surface area contributed by atoms with Crippen molar-refractivity contribution in [2.24, 2.45) is 11.8 Å². The smallest absolute Gasteiger partial charge is 0.115 e. The third-order valence-corrected chi connectivity index (χ3v) is 16.0. The molecule has 0 saturated heterocycles. The van der Waals surface area contributed by atoms with Crippen molar-refractivity contribution < 1.29 is 0 Å². The van der Waals surface area contributed by atoms with Crippen molar-refractivity contribution in [2.75, 3.05) is 0 Å². The third-order valence-electron chi connectivity index (χ3n) is 16.0. The Morgan fingerprint density at radius 3 is 0.544 bits per heavy atom. The maximum atomic E-state index is 4.40. The van der Waals surface area contributed by atoms with Crippen molar-refractivity contribution in [3.8, 4) is 0 Å². The molecule has 12 heteroatoms. The minimum Gasteiger partial charge on any atom is -0.264 e. The van der Waals surface area contributed by atoms with Crippen LogP contribution in [0.5, 0.6) is 0 Å². The normalized spacial score (nSPS) is 9.58. The molecule has 0 amide bonds. The Labute approximate surface area is 785 Å². The van der Waals surface area contributed by atoms with E-state index in [1.807, 2.05) is 180 Å². The summed E-state index contributed by atoms with van der Waals surface area (Å²) in [6.45, 7) is 119. The number of hydrogen-bond acceptors (Lipinski definition) is 12. The Balaban J connectivity index is -0.0000000899. The fourth-order valence-corrected chi connectivity index (χ4v) is 10.8. The van der Waals surface area contributed by atoms with Crippen molar-refractivity contribution in [2.45, 2.75) is 505 Å². The predicted molar refractivity (Wildman–Crippen MR) is 574 cm³/mol. The molecule has 0 radical (unpaired) electrons. The van der Waals surface area contributed by atoms with Crippen LogP contribution < -0.4 is 0 Å². The van der Waals surface area contributed by atoms with Crippen LogP contribution in [0.15, 0.2) is 123 Å². The molecule has 0 aliphatic carbocycles. The highest BCUT2D eigenvalue weighted by atomic mass is 15.1. The lowest BCUT2D eigenvalue weighted by molar-refractivity contribution is 0.726. The van der Waals surface area contributed by atoms with Gasteiger partial charge in [0.15, 0.2) is 0 Å². The molecular weight excluding hydrogens is 1530 g/mol. The van der Waals surface area contributed by atoms with Crippen LogP contribution in [0, 0.1) is 11.8 Å². The SMILES string of the molecule is C.C.C.CC.CC.CC.CC.CC.CC.CC.CC.CC.CC(C)C.CC(C)C.CC(C)c1cccnc1C(C)C.CC(C)c1cccnc1C(C)C.CC(C)c1ccncc1C(C)C.CC(C)c1ccncc1C(C)C.CC(C)c1ccnnc1C(C)C.CC(C)c1ccnnc1C(C)C.CC(C)c1cncnc1C(C)C.CC(C)c1nccnc1C(C)C. The molecule has 125 heavy (non-hydrogen) atoms. The van der Waals surface area contributed by atoms with Crippen molar-refractivity contribution in [1.82, 2.24) is 60.3 Å². The molecule has 0 fully saturated rings. The average molecular weight is 1750 g/mol. The van der Waals surface area contributed by atoms with Crippen molar-refractivity contribution in [1.29, 1.82) is 0 Å². The molecule has 0 aromatic carbocycles. The Hall–Kier alpha value is -7.08. The second kappa shape index (κ2) is 97.5. The summed E-state index contributed by atoms with van der Waals surface area (Å²) in [7, 11) is 0. The monoisotopic (exact) mass is 1740 g/mol. The molecule has 0 spiro atoms. The van der Waals surface area contributed by atoms with E-state index in [-0.39, 0.29) is 22.3 Å². The fourth-order valence-electron chi connectivity index (χ4n) is 10.8. The molecule has 8 aromatic heterocycles. The van der Waals surface area contributed by atoms with Gasteiger partial charge in [0, 0.05) is 85.2 Å². The highest BCUT2D eigenvalue weighted by molar-refractivity contribution is 5.31. The van der Waals surface area contributed by atoms with E-state index in [1.54, 1.807) is 31.1 Å². The van der Waals surface area contributed by atoms with E-state index < -0.39 is 0 Å². The molecule has 8 rings (SSSR count). The van der Waals surface area contributed by atoms with E-state index in [1.165, 1.54) is 67.2 Å². The van der Waals surface area contributed by atoms with Crippen LogP contribution >= 0.6 is 0 Å². The van der Waals surface area contributed by atoms with E-state index >= 15 is 0 Å². The Kier molecular flexibility index (Phi) is 116. The van der Waals surface area contributed by atoms with Gasteiger partial charge in [-0.1, -0.05) is 422 Å². The van der Waals surface area contributed by atoms with Gasteiger partial charge in [0.25, 0.3) is 0 Å². The van der Waals surface area contributed by atoms with Crippen LogP contribution in [0.1, 0.15) is 595 Å². The number of pyridine rings is 4. The number of hydrogen-bond donors (Lipinski definition) is 0. The van der Waals surface area contributed by atoms with Crippen molar-refractivity contribution in [3.63, 3.8) is 0 Å². The molecule has 12 nitrogen and oxygen atoms in total. The summed E-state index contributed by atoms with van der Waals surface area (Å²) in [5.41, 5.74) is 20.5. The second-order valence-corrected chi connectivity index (χ2v) is 33.3. The summed E-state index contributed by atoms with van der Waals surface area (Å²) < 4.78 is 0. The quantitative estimate of drug-likeness (QED) is 0.0904. The van der Waals surface area contributed by atoms with Gasteiger partial charge < -0.3 is 0 Å². The van der Waals surface area contributed by atoms with Crippen LogP contribution in [0.25, 0.3) is 0 Å². The van der Waals surface area contributed by atoms with Crippen LogP contribution in [0.2, 0.25) is 0 Å². The first kappa shape index (κ1) is 149. The standard InChI is InChI=1S/4C11H17N.4C10H16N2.2C4H10.9C2H6.3CH4/c2*1-8(2)10-5-6-12-7-11(10)9(3)4;2*1-8(2)10-6-5-7-12-11(10)9(3)4;1-7(2)9-5-11-6-12-10(9)8(3)4;1-7(2)9-10(8(3)4)12-6-5-11-9;2*1-7(2)9-5-6-11-12-10(9)8(3)4;2*1-4(2)3;9*1-2;;;/h4*5-9H,1-4H3;4*5-8H,1-4H3;2*4H,1-3H3;9*1-2H3;3*1H4. The summed E-state index contributed by atoms with van der Waals surface area (Å²) in [5, 5.41) is 16.1. The lowest BCUT2D eigenvalue weighted by atomic mass is 9.93. The first-order valence-corrected chi connectivity index (χ1v) is 48.5. The van der Waals surface area contributed by atoms with Gasteiger partial charge in [-0.3, -0.25) is 29.9 Å². The third kappa shape index (κ3) is 73.5. The first-order chi connectivity index (χ1) is 57.5. The molecule has 0 aliphatic heterocycles. The summed E-state index contributed by atoms with van der Waals surface area (Å²) in [4.78, 5) is 34.1. The van der Waals surface area contributed by atoms with Gasteiger partial charge in [0.1, 0.15) is 6.33 Å². The maximum absolute atomic E-state index is 4.40. The van der Waals surface area contributed by atoms with Gasteiger partial charge >= 0.3 is 0 Å². The molecule has 0 N–H and O–H groups in total. The van der Waals surface area contributed by atoms with E-state index in [0.29, 0.717) is 94.7 Å². The zero-order valence-corrected chi connectivity index (χ0v) is 91.3. The van der Waals surface area contributed by atoms with E-state index in [0.717, 1.165) is 34.6 Å². The highest BCUT2D eigenvalue weighted by Gasteiger charge is 2.17. The van der Waals surface area contributed by atoms with Crippen LogP contribution in [0.4, 0.5) is 0 Å². The Morgan fingerprint density at radius 2 is 0.360 bits per heavy atom. The first-order valence-electron chi connectivity index (χ1n) is 48.5.